The maximum atomic E-state index is 12.3. The lowest BCUT2D eigenvalue weighted by Gasteiger charge is -2.16. The van der Waals surface area contributed by atoms with Crippen molar-refractivity contribution in [3.8, 4) is 0 Å². The van der Waals surface area contributed by atoms with Crippen molar-refractivity contribution in [2.75, 3.05) is 11.4 Å². The molecule has 2 N–H and O–H groups in total. The first-order valence-corrected chi connectivity index (χ1v) is 7.27. The van der Waals surface area contributed by atoms with E-state index < -0.39 is 0 Å². The molecule has 2 aliphatic heterocycles. The summed E-state index contributed by atoms with van der Waals surface area (Å²) >= 11 is 0. The summed E-state index contributed by atoms with van der Waals surface area (Å²) < 4.78 is 0. The van der Waals surface area contributed by atoms with Crippen LogP contribution in [0.3, 0.4) is 0 Å². The zero-order valence-electron chi connectivity index (χ0n) is 11.7. The Labute approximate surface area is 123 Å². The second-order valence-corrected chi connectivity index (χ2v) is 5.58. The van der Waals surface area contributed by atoms with Gasteiger partial charge in [0, 0.05) is 18.8 Å². The van der Waals surface area contributed by atoms with Gasteiger partial charge in [0.2, 0.25) is 0 Å². The van der Waals surface area contributed by atoms with Gasteiger partial charge < -0.3 is 10.6 Å². The summed E-state index contributed by atoms with van der Waals surface area (Å²) in [5.41, 5.74) is 4.76. The van der Waals surface area contributed by atoms with E-state index in [9.17, 15) is 4.79 Å². The quantitative estimate of drug-likeness (QED) is 0.887. The SMILES string of the molecule is O=C1NC(c2ccccc2)CN1c1ccc2c(c1)CNC2. The summed E-state index contributed by atoms with van der Waals surface area (Å²) in [5, 5.41) is 6.39. The fraction of sp³-hybridized carbons (Fsp3) is 0.235. The van der Waals surface area contributed by atoms with E-state index in [0.29, 0.717) is 6.54 Å². The van der Waals surface area contributed by atoms with Gasteiger partial charge in [-0.15, -0.1) is 0 Å². The van der Waals surface area contributed by atoms with Crippen LogP contribution in [0.2, 0.25) is 0 Å². The molecular weight excluding hydrogens is 262 g/mol. The Morgan fingerprint density at radius 1 is 1.00 bits per heavy atom. The molecule has 2 aliphatic rings. The fourth-order valence-corrected chi connectivity index (χ4v) is 3.08. The van der Waals surface area contributed by atoms with Crippen molar-refractivity contribution >= 4 is 11.7 Å². The monoisotopic (exact) mass is 279 g/mol. The molecule has 21 heavy (non-hydrogen) atoms. The molecule has 4 heteroatoms. The van der Waals surface area contributed by atoms with Crippen LogP contribution in [0.1, 0.15) is 22.7 Å². The number of benzene rings is 2. The molecular formula is C17H17N3O. The third-order valence-corrected chi connectivity index (χ3v) is 4.24. The summed E-state index contributed by atoms with van der Waals surface area (Å²) in [6.07, 6.45) is 0. The number of carbonyl (C=O) groups is 1. The molecule has 0 saturated carbocycles. The van der Waals surface area contributed by atoms with E-state index in [1.807, 2.05) is 29.2 Å². The van der Waals surface area contributed by atoms with Crippen LogP contribution in [0, 0.1) is 0 Å². The van der Waals surface area contributed by atoms with Crippen molar-refractivity contribution in [2.24, 2.45) is 0 Å². The zero-order valence-corrected chi connectivity index (χ0v) is 11.7. The molecule has 4 rings (SSSR count). The molecule has 2 amide bonds. The van der Waals surface area contributed by atoms with Gasteiger partial charge in [-0.3, -0.25) is 4.90 Å². The van der Waals surface area contributed by atoms with Crippen molar-refractivity contribution in [2.45, 2.75) is 19.1 Å². The minimum Gasteiger partial charge on any atom is -0.329 e. The van der Waals surface area contributed by atoms with Gasteiger partial charge in [0.1, 0.15) is 0 Å². The highest BCUT2D eigenvalue weighted by Gasteiger charge is 2.31. The second kappa shape index (κ2) is 4.90. The van der Waals surface area contributed by atoms with Crippen LogP contribution in [0.15, 0.2) is 48.5 Å². The van der Waals surface area contributed by atoms with Crippen molar-refractivity contribution in [1.29, 1.82) is 0 Å². The van der Waals surface area contributed by atoms with Gasteiger partial charge in [-0.1, -0.05) is 36.4 Å². The van der Waals surface area contributed by atoms with E-state index in [2.05, 4.69) is 34.9 Å². The van der Waals surface area contributed by atoms with Crippen molar-refractivity contribution in [1.82, 2.24) is 10.6 Å². The van der Waals surface area contributed by atoms with Crippen LogP contribution in [0.25, 0.3) is 0 Å². The van der Waals surface area contributed by atoms with Crippen LogP contribution in [-0.2, 0) is 13.1 Å². The number of hydrogen-bond acceptors (Lipinski definition) is 2. The number of fused-ring (bicyclic) bond motifs is 1. The Morgan fingerprint density at radius 2 is 1.81 bits per heavy atom. The average Bonchev–Trinajstić information content (AvgIpc) is 3.13. The van der Waals surface area contributed by atoms with Crippen LogP contribution >= 0.6 is 0 Å². The predicted octanol–water partition coefficient (Wildman–Crippen LogP) is 2.56. The summed E-state index contributed by atoms with van der Waals surface area (Å²) in [4.78, 5) is 14.1. The molecule has 1 unspecified atom stereocenters. The molecule has 0 radical (unpaired) electrons. The van der Waals surface area contributed by atoms with Gasteiger partial charge in [0.25, 0.3) is 0 Å². The molecule has 1 atom stereocenters. The maximum Gasteiger partial charge on any atom is 0.322 e. The van der Waals surface area contributed by atoms with Crippen LogP contribution in [0.4, 0.5) is 10.5 Å². The van der Waals surface area contributed by atoms with E-state index in [0.717, 1.165) is 24.3 Å². The Kier molecular flexibility index (Phi) is 2.89. The lowest BCUT2D eigenvalue weighted by Crippen LogP contribution is -2.27. The number of carbonyl (C=O) groups excluding carboxylic acids is 1. The molecule has 106 valence electrons. The minimum absolute atomic E-state index is 0.0187. The first-order valence-electron chi connectivity index (χ1n) is 7.27. The maximum absolute atomic E-state index is 12.3. The number of anilines is 1. The highest BCUT2D eigenvalue weighted by Crippen LogP contribution is 2.28. The highest BCUT2D eigenvalue weighted by atomic mass is 16.2. The molecule has 2 aromatic rings. The first kappa shape index (κ1) is 12.4. The molecule has 4 nitrogen and oxygen atoms in total. The van der Waals surface area contributed by atoms with Crippen molar-refractivity contribution < 1.29 is 4.79 Å². The first-order chi connectivity index (χ1) is 10.3. The number of hydrogen-bond donors (Lipinski definition) is 2. The van der Waals surface area contributed by atoms with Crippen molar-refractivity contribution in [3.05, 3.63) is 65.2 Å². The number of nitrogens with one attached hydrogen (secondary N) is 2. The number of nitrogens with zero attached hydrogens (tertiary/aromatic N) is 1. The third-order valence-electron chi connectivity index (χ3n) is 4.24. The fourth-order valence-electron chi connectivity index (χ4n) is 3.08. The molecule has 0 aliphatic carbocycles. The van der Waals surface area contributed by atoms with E-state index >= 15 is 0 Å². The van der Waals surface area contributed by atoms with Gasteiger partial charge in [0.05, 0.1) is 12.6 Å². The smallest absolute Gasteiger partial charge is 0.322 e. The molecule has 0 aromatic heterocycles. The molecule has 0 bridgehead atoms. The second-order valence-electron chi connectivity index (χ2n) is 5.58. The summed E-state index contributed by atoms with van der Waals surface area (Å²) in [6.45, 7) is 2.49. The minimum atomic E-state index is -0.0187. The molecule has 1 saturated heterocycles. The zero-order chi connectivity index (χ0) is 14.2. The standard InChI is InChI=1S/C17H17N3O/c21-17-19-16(12-4-2-1-3-5-12)11-20(17)15-7-6-13-9-18-10-14(13)8-15/h1-8,16,18H,9-11H2,(H,19,21). The lowest BCUT2D eigenvalue weighted by molar-refractivity contribution is 0.251. The van der Waals surface area contributed by atoms with Crippen LogP contribution in [0.5, 0.6) is 0 Å². The summed E-state index contributed by atoms with van der Waals surface area (Å²) in [6, 6.07) is 16.4. The number of rotatable bonds is 2. The largest absolute Gasteiger partial charge is 0.329 e. The molecule has 2 heterocycles. The topological polar surface area (TPSA) is 44.4 Å². The molecule has 1 fully saturated rings. The Hall–Kier alpha value is -2.33. The van der Waals surface area contributed by atoms with Crippen LogP contribution < -0.4 is 15.5 Å². The van der Waals surface area contributed by atoms with E-state index in [1.165, 1.54) is 11.1 Å². The average molecular weight is 279 g/mol. The summed E-state index contributed by atoms with van der Waals surface area (Å²) in [7, 11) is 0. The number of urea groups is 1. The predicted molar refractivity (Wildman–Crippen MR) is 82.0 cm³/mol. The van der Waals surface area contributed by atoms with E-state index in [-0.39, 0.29) is 12.1 Å². The third kappa shape index (κ3) is 2.17. The lowest BCUT2D eigenvalue weighted by atomic mass is 10.1. The normalized spacial score (nSPS) is 20.5. The van der Waals surface area contributed by atoms with Gasteiger partial charge >= 0.3 is 6.03 Å². The van der Waals surface area contributed by atoms with Gasteiger partial charge in [-0.05, 0) is 28.8 Å². The molecule has 0 spiro atoms. The van der Waals surface area contributed by atoms with Gasteiger partial charge in [0.15, 0.2) is 0 Å². The Balaban J connectivity index is 1.60. The Bertz CT molecular complexity index is 684. The van der Waals surface area contributed by atoms with Crippen molar-refractivity contribution in [3.63, 3.8) is 0 Å². The van der Waals surface area contributed by atoms with Crippen LogP contribution in [-0.4, -0.2) is 12.6 Å². The highest BCUT2D eigenvalue weighted by molar-refractivity contribution is 5.94. The Morgan fingerprint density at radius 3 is 2.67 bits per heavy atom. The summed E-state index contributed by atoms with van der Waals surface area (Å²) in [5.74, 6) is 0. The van der Waals surface area contributed by atoms with E-state index in [1.54, 1.807) is 0 Å². The van der Waals surface area contributed by atoms with E-state index in [4.69, 9.17) is 0 Å². The van der Waals surface area contributed by atoms with Gasteiger partial charge in [-0.25, -0.2) is 4.79 Å². The van der Waals surface area contributed by atoms with Gasteiger partial charge in [-0.2, -0.15) is 0 Å². The molecule has 2 aromatic carbocycles. The number of amides is 2.